The zero-order valence-corrected chi connectivity index (χ0v) is 18.2. The number of sulfonamides is 1. The summed E-state index contributed by atoms with van der Waals surface area (Å²) in [5.74, 6) is 0.322. The normalized spacial score (nSPS) is 11.3. The van der Waals surface area contributed by atoms with Gasteiger partial charge in [0.05, 0.1) is 17.0 Å². The van der Waals surface area contributed by atoms with E-state index in [2.05, 4.69) is 19.2 Å². The highest BCUT2D eigenvalue weighted by molar-refractivity contribution is 7.92. The highest BCUT2D eigenvalue weighted by atomic mass is 32.2. The molecule has 0 aliphatic rings. The smallest absolute Gasteiger partial charge is 0.264 e. The van der Waals surface area contributed by atoms with Crippen LogP contribution in [-0.2, 0) is 21.2 Å². The van der Waals surface area contributed by atoms with Crippen LogP contribution in [0.2, 0.25) is 0 Å². The van der Waals surface area contributed by atoms with Crippen molar-refractivity contribution in [2.45, 2.75) is 31.1 Å². The Kier molecular flexibility index (Phi) is 6.57. The molecule has 6 heteroatoms. The molecule has 0 aliphatic carbocycles. The lowest BCUT2D eigenvalue weighted by Crippen LogP contribution is -2.26. The van der Waals surface area contributed by atoms with Crippen LogP contribution >= 0.6 is 0 Å². The lowest BCUT2D eigenvalue weighted by atomic mass is 10.0. The SMILES string of the molecule is CC(C)c1ccc(NC(=O)Cc2ccc(N(C)S(=O)(=O)c3ccccc3)cc2)cc1. The Morgan fingerprint density at radius 1 is 0.900 bits per heavy atom. The first-order valence-corrected chi connectivity index (χ1v) is 11.2. The van der Waals surface area contributed by atoms with Gasteiger partial charge in [-0.2, -0.15) is 0 Å². The van der Waals surface area contributed by atoms with Crippen LogP contribution in [0.25, 0.3) is 0 Å². The number of carbonyl (C=O) groups is 1. The summed E-state index contributed by atoms with van der Waals surface area (Å²) in [7, 11) is -2.11. The maximum atomic E-state index is 12.7. The molecular weight excluding hydrogens is 396 g/mol. The number of nitrogens with one attached hydrogen (secondary N) is 1. The van der Waals surface area contributed by atoms with Gasteiger partial charge in [-0.1, -0.05) is 56.3 Å². The minimum absolute atomic E-state index is 0.120. The van der Waals surface area contributed by atoms with Gasteiger partial charge >= 0.3 is 0 Å². The molecule has 1 amide bonds. The minimum atomic E-state index is -3.62. The number of carbonyl (C=O) groups excluding carboxylic acids is 1. The summed E-state index contributed by atoms with van der Waals surface area (Å²) >= 11 is 0. The van der Waals surface area contributed by atoms with Crippen LogP contribution < -0.4 is 9.62 Å². The van der Waals surface area contributed by atoms with Gasteiger partial charge in [0.1, 0.15) is 0 Å². The maximum absolute atomic E-state index is 12.7. The first-order valence-electron chi connectivity index (χ1n) is 9.80. The van der Waals surface area contributed by atoms with E-state index in [1.807, 2.05) is 24.3 Å². The summed E-state index contributed by atoms with van der Waals surface area (Å²) in [6.45, 7) is 4.25. The molecule has 3 rings (SSSR count). The predicted octanol–water partition coefficient (Wildman–Crippen LogP) is 4.82. The molecule has 0 saturated heterocycles. The Balaban J connectivity index is 1.64. The summed E-state index contributed by atoms with van der Waals surface area (Å²) in [5, 5.41) is 2.89. The van der Waals surface area contributed by atoms with Gasteiger partial charge in [0.25, 0.3) is 10.0 Å². The molecule has 0 spiro atoms. The molecule has 0 heterocycles. The van der Waals surface area contributed by atoms with Crippen molar-refractivity contribution in [1.29, 1.82) is 0 Å². The number of amides is 1. The molecule has 0 fully saturated rings. The molecular formula is C24H26N2O3S. The Morgan fingerprint density at radius 2 is 1.50 bits per heavy atom. The summed E-state index contributed by atoms with van der Waals surface area (Å²) in [6.07, 6.45) is 0.210. The Morgan fingerprint density at radius 3 is 2.07 bits per heavy atom. The van der Waals surface area contributed by atoms with Crippen LogP contribution in [0.1, 0.15) is 30.9 Å². The first kappa shape index (κ1) is 21.6. The Bertz CT molecular complexity index is 1090. The van der Waals surface area contributed by atoms with Gasteiger partial charge < -0.3 is 5.32 Å². The van der Waals surface area contributed by atoms with Gasteiger partial charge in [-0.05, 0) is 53.4 Å². The van der Waals surface area contributed by atoms with Gasteiger partial charge in [0.2, 0.25) is 5.91 Å². The highest BCUT2D eigenvalue weighted by Gasteiger charge is 2.20. The third-order valence-corrected chi connectivity index (χ3v) is 6.73. The summed E-state index contributed by atoms with van der Waals surface area (Å²) in [5.41, 5.74) is 3.32. The van der Waals surface area contributed by atoms with Gasteiger partial charge in [-0.3, -0.25) is 9.10 Å². The Labute approximate surface area is 178 Å². The van der Waals surface area contributed by atoms with E-state index in [9.17, 15) is 13.2 Å². The summed E-state index contributed by atoms with van der Waals surface area (Å²) in [6, 6.07) is 23.1. The third-order valence-electron chi connectivity index (χ3n) is 4.93. The lowest BCUT2D eigenvalue weighted by Gasteiger charge is -2.19. The molecule has 1 N–H and O–H groups in total. The van der Waals surface area contributed by atoms with Crippen molar-refractivity contribution in [2.75, 3.05) is 16.7 Å². The maximum Gasteiger partial charge on any atom is 0.264 e. The predicted molar refractivity (Wildman–Crippen MR) is 121 cm³/mol. The zero-order chi connectivity index (χ0) is 21.7. The van der Waals surface area contributed by atoms with Crippen LogP contribution in [0, 0.1) is 0 Å². The van der Waals surface area contributed by atoms with E-state index in [4.69, 9.17) is 0 Å². The van der Waals surface area contributed by atoms with Gasteiger partial charge in [-0.25, -0.2) is 8.42 Å². The fourth-order valence-electron chi connectivity index (χ4n) is 3.06. The van der Waals surface area contributed by atoms with Crippen molar-refractivity contribution >= 4 is 27.3 Å². The molecule has 30 heavy (non-hydrogen) atoms. The van der Waals surface area contributed by atoms with E-state index in [0.29, 0.717) is 11.6 Å². The zero-order valence-electron chi connectivity index (χ0n) is 17.4. The first-order chi connectivity index (χ1) is 14.3. The lowest BCUT2D eigenvalue weighted by molar-refractivity contribution is -0.115. The molecule has 0 aromatic heterocycles. The van der Waals surface area contributed by atoms with Crippen molar-refractivity contribution < 1.29 is 13.2 Å². The number of rotatable bonds is 7. The standard InChI is InChI=1S/C24H26N2O3S/c1-18(2)20-11-13-21(14-12-20)25-24(27)17-19-9-15-22(16-10-19)26(3)30(28,29)23-7-5-4-6-8-23/h4-16,18H,17H2,1-3H3,(H,25,27). The molecule has 0 unspecified atom stereocenters. The molecule has 0 radical (unpaired) electrons. The number of hydrogen-bond acceptors (Lipinski definition) is 3. The van der Waals surface area contributed by atoms with Gasteiger partial charge in [0.15, 0.2) is 0 Å². The number of benzene rings is 3. The molecule has 156 valence electrons. The number of nitrogens with zero attached hydrogens (tertiary/aromatic N) is 1. The second kappa shape index (κ2) is 9.13. The number of hydrogen-bond donors (Lipinski definition) is 1. The minimum Gasteiger partial charge on any atom is -0.326 e. The fraction of sp³-hybridized carbons (Fsp3) is 0.208. The fourth-order valence-corrected chi connectivity index (χ4v) is 4.27. The average Bonchev–Trinajstić information content (AvgIpc) is 2.74. The van der Waals surface area contributed by atoms with Crippen molar-refractivity contribution in [3.05, 3.63) is 90.0 Å². The van der Waals surface area contributed by atoms with E-state index < -0.39 is 10.0 Å². The second-order valence-corrected chi connectivity index (χ2v) is 9.42. The van der Waals surface area contributed by atoms with E-state index >= 15 is 0 Å². The van der Waals surface area contributed by atoms with Crippen LogP contribution in [0.5, 0.6) is 0 Å². The van der Waals surface area contributed by atoms with Crippen molar-refractivity contribution in [2.24, 2.45) is 0 Å². The Hall–Kier alpha value is -3.12. The van der Waals surface area contributed by atoms with Crippen LogP contribution in [-0.4, -0.2) is 21.4 Å². The average molecular weight is 423 g/mol. The second-order valence-electron chi connectivity index (χ2n) is 7.45. The van der Waals surface area contributed by atoms with E-state index in [0.717, 1.165) is 11.3 Å². The molecule has 0 saturated carbocycles. The van der Waals surface area contributed by atoms with E-state index in [1.165, 1.54) is 16.9 Å². The monoisotopic (exact) mass is 422 g/mol. The molecule has 0 aliphatic heterocycles. The van der Waals surface area contributed by atoms with Crippen molar-refractivity contribution in [3.63, 3.8) is 0 Å². The van der Waals surface area contributed by atoms with Gasteiger partial charge in [-0.15, -0.1) is 0 Å². The van der Waals surface area contributed by atoms with E-state index in [1.54, 1.807) is 54.6 Å². The van der Waals surface area contributed by atoms with Crippen LogP contribution in [0.15, 0.2) is 83.8 Å². The molecule has 3 aromatic carbocycles. The van der Waals surface area contributed by atoms with Crippen LogP contribution in [0.3, 0.4) is 0 Å². The van der Waals surface area contributed by atoms with Crippen molar-refractivity contribution in [3.8, 4) is 0 Å². The number of anilines is 2. The van der Waals surface area contributed by atoms with E-state index in [-0.39, 0.29) is 17.2 Å². The summed E-state index contributed by atoms with van der Waals surface area (Å²) in [4.78, 5) is 12.6. The van der Waals surface area contributed by atoms with Gasteiger partial charge in [0, 0.05) is 12.7 Å². The van der Waals surface area contributed by atoms with Crippen LogP contribution in [0.4, 0.5) is 11.4 Å². The summed E-state index contributed by atoms with van der Waals surface area (Å²) < 4.78 is 26.7. The quantitative estimate of drug-likeness (QED) is 0.594. The molecule has 3 aromatic rings. The molecule has 5 nitrogen and oxygen atoms in total. The van der Waals surface area contributed by atoms with Crippen molar-refractivity contribution in [1.82, 2.24) is 0 Å². The molecule has 0 atom stereocenters. The largest absolute Gasteiger partial charge is 0.326 e. The third kappa shape index (κ3) is 5.07. The molecule has 0 bridgehead atoms. The topological polar surface area (TPSA) is 66.5 Å². The highest BCUT2D eigenvalue weighted by Crippen LogP contribution is 2.22.